The van der Waals surface area contributed by atoms with Crippen molar-refractivity contribution < 1.29 is 13.5 Å². The van der Waals surface area contributed by atoms with E-state index in [2.05, 4.69) is 20.6 Å². The summed E-state index contributed by atoms with van der Waals surface area (Å²) >= 11 is 0. The van der Waals surface area contributed by atoms with Gasteiger partial charge in [-0.25, -0.2) is 18.7 Å². The maximum absolute atomic E-state index is 13.8. The van der Waals surface area contributed by atoms with Crippen LogP contribution >= 0.6 is 0 Å². The second-order valence-corrected chi connectivity index (χ2v) is 5.57. The molecule has 0 aliphatic heterocycles. The topological polar surface area (TPSA) is 59.1 Å². The van der Waals surface area contributed by atoms with Crippen LogP contribution in [0.1, 0.15) is 11.4 Å². The van der Waals surface area contributed by atoms with E-state index in [9.17, 15) is 8.78 Å². The quantitative estimate of drug-likeness (QED) is 0.684. The first-order valence-corrected chi connectivity index (χ1v) is 7.99. The van der Waals surface area contributed by atoms with E-state index in [0.717, 1.165) is 11.3 Å². The van der Waals surface area contributed by atoms with Crippen molar-refractivity contribution in [3.05, 3.63) is 71.6 Å². The summed E-state index contributed by atoms with van der Waals surface area (Å²) in [6.07, 6.45) is 0. The monoisotopic (exact) mass is 356 g/mol. The van der Waals surface area contributed by atoms with Crippen LogP contribution < -0.4 is 15.4 Å². The molecule has 0 spiro atoms. The van der Waals surface area contributed by atoms with E-state index in [0.29, 0.717) is 24.0 Å². The molecule has 1 heterocycles. The molecule has 1 aromatic heterocycles. The fourth-order valence-electron chi connectivity index (χ4n) is 2.50. The lowest BCUT2D eigenvalue weighted by atomic mass is 10.2. The normalized spacial score (nSPS) is 10.5. The molecule has 0 fully saturated rings. The van der Waals surface area contributed by atoms with Gasteiger partial charge in [-0.2, -0.15) is 0 Å². The zero-order valence-electron chi connectivity index (χ0n) is 14.4. The second kappa shape index (κ2) is 7.77. The number of methoxy groups -OCH3 is 1. The van der Waals surface area contributed by atoms with Gasteiger partial charge < -0.3 is 15.4 Å². The molecule has 2 aromatic carbocycles. The highest BCUT2D eigenvalue weighted by Gasteiger charge is 2.11. The lowest BCUT2D eigenvalue weighted by molar-refractivity contribution is 0.410. The van der Waals surface area contributed by atoms with Crippen LogP contribution in [0, 0.1) is 18.6 Å². The Kier molecular flexibility index (Phi) is 5.26. The minimum absolute atomic E-state index is 0.249. The van der Waals surface area contributed by atoms with Gasteiger partial charge in [0.25, 0.3) is 0 Å². The van der Waals surface area contributed by atoms with Crippen LogP contribution in [0.3, 0.4) is 0 Å². The van der Waals surface area contributed by atoms with E-state index in [1.165, 1.54) is 18.2 Å². The van der Waals surface area contributed by atoms with Gasteiger partial charge in [0.1, 0.15) is 40.5 Å². The van der Waals surface area contributed by atoms with Crippen LogP contribution in [-0.2, 0) is 6.54 Å². The molecule has 2 N–H and O–H groups in total. The van der Waals surface area contributed by atoms with Gasteiger partial charge in [0.2, 0.25) is 0 Å². The number of ether oxygens (including phenoxy) is 1. The third kappa shape index (κ3) is 4.05. The SMILES string of the molecule is COc1ccccc1CNc1cc(Nc2c(F)cccc2F)nc(C)n1. The Hall–Kier alpha value is -3.22. The van der Waals surface area contributed by atoms with Gasteiger partial charge in [0, 0.05) is 18.2 Å². The summed E-state index contributed by atoms with van der Waals surface area (Å²) in [7, 11) is 1.61. The molecule has 3 rings (SSSR count). The first-order chi connectivity index (χ1) is 12.6. The van der Waals surface area contributed by atoms with Gasteiger partial charge in [-0.05, 0) is 25.1 Å². The van der Waals surface area contributed by atoms with Crippen LogP contribution in [-0.4, -0.2) is 17.1 Å². The third-order valence-corrected chi connectivity index (χ3v) is 3.71. The fraction of sp³-hybridized carbons (Fsp3) is 0.158. The van der Waals surface area contributed by atoms with Crippen molar-refractivity contribution in [2.45, 2.75) is 13.5 Å². The molecule has 0 aliphatic carbocycles. The van der Waals surface area contributed by atoms with Crippen molar-refractivity contribution in [1.82, 2.24) is 9.97 Å². The molecule has 0 bridgehead atoms. The number of para-hydroxylation sites is 2. The zero-order chi connectivity index (χ0) is 18.5. The molecule has 5 nitrogen and oxygen atoms in total. The number of hydrogen-bond acceptors (Lipinski definition) is 5. The van der Waals surface area contributed by atoms with Crippen molar-refractivity contribution in [3.8, 4) is 5.75 Å². The Morgan fingerprint density at radius 2 is 1.65 bits per heavy atom. The predicted molar refractivity (Wildman–Crippen MR) is 96.7 cm³/mol. The van der Waals surface area contributed by atoms with Gasteiger partial charge in [0.15, 0.2) is 0 Å². The highest BCUT2D eigenvalue weighted by atomic mass is 19.1. The summed E-state index contributed by atoms with van der Waals surface area (Å²) in [5.41, 5.74) is 0.710. The number of halogens is 2. The average Bonchev–Trinajstić information content (AvgIpc) is 2.63. The molecule has 26 heavy (non-hydrogen) atoms. The number of nitrogens with one attached hydrogen (secondary N) is 2. The Labute approximate surface area is 150 Å². The van der Waals surface area contributed by atoms with E-state index in [1.54, 1.807) is 20.1 Å². The number of aryl methyl sites for hydroxylation is 1. The van der Waals surface area contributed by atoms with Crippen molar-refractivity contribution in [1.29, 1.82) is 0 Å². The summed E-state index contributed by atoms with van der Waals surface area (Å²) in [5.74, 6) is 0.674. The predicted octanol–water partition coefficient (Wildman–Crippen LogP) is 4.43. The minimum atomic E-state index is -0.690. The Bertz CT molecular complexity index is 898. The number of nitrogens with zero attached hydrogens (tertiary/aromatic N) is 2. The van der Waals surface area contributed by atoms with Crippen LogP contribution in [0.5, 0.6) is 5.75 Å². The smallest absolute Gasteiger partial charge is 0.149 e. The third-order valence-electron chi connectivity index (χ3n) is 3.71. The molecular weight excluding hydrogens is 338 g/mol. The maximum Gasteiger partial charge on any atom is 0.149 e. The molecule has 0 radical (unpaired) electrons. The fourth-order valence-corrected chi connectivity index (χ4v) is 2.50. The lowest BCUT2D eigenvalue weighted by Gasteiger charge is -2.12. The number of benzene rings is 2. The first kappa shape index (κ1) is 17.6. The van der Waals surface area contributed by atoms with E-state index >= 15 is 0 Å². The van der Waals surface area contributed by atoms with Crippen LogP contribution in [0.15, 0.2) is 48.5 Å². The summed E-state index contributed by atoms with van der Waals surface area (Å²) < 4.78 is 32.9. The van der Waals surface area contributed by atoms with Gasteiger partial charge in [-0.3, -0.25) is 0 Å². The lowest BCUT2D eigenvalue weighted by Crippen LogP contribution is -2.07. The summed E-state index contributed by atoms with van der Waals surface area (Å²) in [6, 6.07) is 12.9. The summed E-state index contributed by atoms with van der Waals surface area (Å²) in [5, 5.41) is 5.85. The van der Waals surface area contributed by atoms with E-state index in [-0.39, 0.29) is 5.69 Å². The standard InChI is InChI=1S/C19H18F2N4O/c1-12-23-17(22-11-13-6-3-4-9-16(13)26-2)10-18(24-12)25-19-14(20)7-5-8-15(19)21/h3-10H,11H2,1-2H3,(H2,22,23,24,25). The van der Waals surface area contributed by atoms with Gasteiger partial charge >= 0.3 is 0 Å². The Balaban J connectivity index is 1.79. The largest absolute Gasteiger partial charge is 0.496 e. The van der Waals surface area contributed by atoms with Crippen LogP contribution in [0.4, 0.5) is 26.1 Å². The van der Waals surface area contributed by atoms with Crippen LogP contribution in [0.25, 0.3) is 0 Å². The number of anilines is 3. The molecule has 0 saturated carbocycles. The van der Waals surface area contributed by atoms with Gasteiger partial charge in [0.05, 0.1) is 7.11 Å². The molecule has 7 heteroatoms. The van der Waals surface area contributed by atoms with Crippen molar-refractivity contribution in [2.75, 3.05) is 17.7 Å². The van der Waals surface area contributed by atoms with Crippen molar-refractivity contribution in [2.24, 2.45) is 0 Å². The molecule has 0 amide bonds. The second-order valence-electron chi connectivity index (χ2n) is 5.57. The first-order valence-electron chi connectivity index (χ1n) is 7.99. The highest BCUT2D eigenvalue weighted by molar-refractivity contribution is 5.60. The summed E-state index contributed by atoms with van der Waals surface area (Å²) in [4.78, 5) is 8.48. The summed E-state index contributed by atoms with van der Waals surface area (Å²) in [6.45, 7) is 2.19. The molecule has 134 valence electrons. The zero-order valence-corrected chi connectivity index (χ0v) is 14.4. The molecule has 3 aromatic rings. The van der Waals surface area contributed by atoms with Crippen molar-refractivity contribution >= 4 is 17.3 Å². The van der Waals surface area contributed by atoms with Gasteiger partial charge in [-0.1, -0.05) is 24.3 Å². The minimum Gasteiger partial charge on any atom is -0.496 e. The van der Waals surface area contributed by atoms with E-state index in [1.807, 2.05) is 24.3 Å². The van der Waals surface area contributed by atoms with Crippen LogP contribution in [0.2, 0.25) is 0 Å². The molecule has 0 saturated heterocycles. The molecule has 0 aliphatic rings. The maximum atomic E-state index is 13.8. The number of aromatic nitrogens is 2. The average molecular weight is 356 g/mol. The van der Waals surface area contributed by atoms with E-state index in [4.69, 9.17) is 4.74 Å². The van der Waals surface area contributed by atoms with E-state index < -0.39 is 11.6 Å². The number of hydrogen-bond donors (Lipinski definition) is 2. The molecule has 0 atom stereocenters. The van der Waals surface area contributed by atoms with Gasteiger partial charge in [-0.15, -0.1) is 0 Å². The Morgan fingerprint density at radius 3 is 2.38 bits per heavy atom. The Morgan fingerprint density at radius 1 is 0.962 bits per heavy atom. The van der Waals surface area contributed by atoms with Crippen molar-refractivity contribution in [3.63, 3.8) is 0 Å². The number of rotatable bonds is 6. The highest BCUT2D eigenvalue weighted by Crippen LogP contribution is 2.24. The molecule has 0 unspecified atom stereocenters. The molecular formula is C19H18F2N4O.